The summed E-state index contributed by atoms with van der Waals surface area (Å²) in [7, 11) is 0. The number of rotatable bonds is 2. The van der Waals surface area contributed by atoms with Crippen LogP contribution >= 0.6 is 15.9 Å². The molecule has 3 aliphatic rings. The fraction of sp³-hybridized carbons (Fsp3) is 0.318. The highest BCUT2D eigenvalue weighted by Crippen LogP contribution is 2.54. The summed E-state index contributed by atoms with van der Waals surface area (Å²) < 4.78 is 0.864. The van der Waals surface area contributed by atoms with E-state index in [-0.39, 0.29) is 29.7 Å². The standard InChI is InChI=1S/C22H20BrN3O3/c1-11(2)18-16-17(20(28)26(19(16)27)13-9-7-12(23)8-10-13)22(25-18)14-5-3-4-6-15(14)24-21(22)29/h3-11,16-18,25H,1-2H3,(H,24,29)/t16-,17+,18+,22+/m0/s1. The van der Waals surface area contributed by atoms with Crippen molar-refractivity contribution in [3.05, 3.63) is 58.6 Å². The minimum absolute atomic E-state index is 0.0732. The van der Waals surface area contributed by atoms with Crippen LogP contribution < -0.4 is 15.5 Å². The van der Waals surface area contributed by atoms with Crippen LogP contribution in [0.25, 0.3) is 0 Å². The van der Waals surface area contributed by atoms with Gasteiger partial charge in [-0.05, 0) is 36.2 Å². The summed E-state index contributed by atoms with van der Waals surface area (Å²) in [6, 6.07) is 14.2. The summed E-state index contributed by atoms with van der Waals surface area (Å²) >= 11 is 3.38. The molecule has 0 aliphatic carbocycles. The molecule has 3 aliphatic heterocycles. The van der Waals surface area contributed by atoms with E-state index in [0.717, 1.165) is 10.0 Å². The van der Waals surface area contributed by atoms with E-state index in [1.54, 1.807) is 24.3 Å². The lowest BCUT2D eigenvalue weighted by Gasteiger charge is -2.30. The normalized spacial score (nSPS) is 30.3. The van der Waals surface area contributed by atoms with Gasteiger partial charge in [-0.2, -0.15) is 0 Å². The fourth-order valence-electron chi connectivity index (χ4n) is 5.11. The van der Waals surface area contributed by atoms with Crippen molar-refractivity contribution in [2.45, 2.75) is 25.4 Å². The predicted molar refractivity (Wildman–Crippen MR) is 112 cm³/mol. The van der Waals surface area contributed by atoms with Gasteiger partial charge in [-0.15, -0.1) is 0 Å². The molecule has 7 heteroatoms. The maximum Gasteiger partial charge on any atom is 0.250 e. The third-order valence-corrected chi connectivity index (χ3v) is 6.89. The summed E-state index contributed by atoms with van der Waals surface area (Å²) in [6.07, 6.45) is 0. The minimum Gasteiger partial charge on any atom is -0.324 e. The van der Waals surface area contributed by atoms with Gasteiger partial charge in [-0.1, -0.05) is 48.0 Å². The van der Waals surface area contributed by atoms with Crippen molar-refractivity contribution in [3.63, 3.8) is 0 Å². The number of hydrogen-bond donors (Lipinski definition) is 2. The number of carbonyl (C=O) groups is 3. The van der Waals surface area contributed by atoms with E-state index in [9.17, 15) is 14.4 Å². The molecule has 2 aromatic rings. The molecule has 2 N–H and O–H groups in total. The predicted octanol–water partition coefficient (Wildman–Crippen LogP) is 3.03. The fourth-order valence-corrected chi connectivity index (χ4v) is 5.37. The van der Waals surface area contributed by atoms with Crippen LogP contribution in [0.15, 0.2) is 53.0 Å². The Bertz CT molecular complexity index is 1050. The van der Waals surface area contributed by atoms with Gasteiger partial charge in [0.1, 0.15) is 5.54 Å². The summed E-state index contributed by atoms with van der Waals surface area (Å²) in [5.41, 5.74) is 0.729. The summed E-state index contributed by atoms with van der Waals surface area (Å²) in [4.78, 5) is 41.6. The molecule has 148 valence electrons. The number of halogens is 1. The highest BCUT2D eigenvalue weighted by Gasteiger charge is 2.70. The minimum atomic E-state index is -1.23. The second-order valence-corrected chi connectivity index (χ2v) is 9.13. The first-order valence-corrected chi connectivity index (χ1v) is 10.5. The van der Waals surface area contributed by atoms with E-state index in [0.29, 0.717) is 11.4 Å². The van der Waals surface area contributed by atoms with Crippen LogP contribution in [0.3, 0.4) is 0 Å². The number of fused-ring (bicyclic) bond motifs is 4. The molecular weight excluding hydrogens is 434 g/mol. The van der Waals surface area contributed by atoms with Crippen molar-refractivity contribution in [2.24, 2.45) is 17.8 Å². The largest absolute Gasteiger partial charge is 0.324 e. The number of hydrogen-bond acceptors (Lipinski definition) is 4. The second-order valence-electron chi connectivity index (χ2n) is 8.21. The average molecular weight is 454 g/mol. The van der Waals surface area contributed by atoms with Crippen LogP contribution in [-0.4, -0.2) is 23.8 Å². The molecule has 4 atom stereocenters. The molecule has 2 saturated heterocycles. The zero-order valence-electron chi connectivity index (χ0n) is 16.0. The molecule has 0 bridgehead atoms. The molecular formula is C22H20BrN3O3. The first-order valence-electron chi connectivity index (χ1n) is 9.68. The molecule has 3 heterocycles. The molecule has 2 fully saturated rings. The second kappa shape index (κ2) is 6.24. The number of para-hydroxylation sites is 1. The van der Waals surface area contributed by atoms with Gasteiger partial charge in [-0.3, -0.25) is 19.7 Å². The Morgan fingerprint density at radius 2 is 1.69 bits per heavy atom. The zero-order valence-corrected chi connectivity index (χ0v) is 17.6. The van der Waals surface area contributed by atoms with Gasteiger partial charge < -0.3 is 5.32 Å². The number of imide groups is 1. The maximum absolute atomic E-state index is 13.6. The molecule has 1 spiro atoms. The van der Waals surface area contributed by atoms with Crippen LogP contribution in [0.4, 0.5) is 11.4 Å². The van der Waals surface area contributed by atoms with E-state index in [2.05, 4.69) is 26.6 Å². The Morgan fingerprint density at radius 1 is 1.00 bits per heavy atom. The number of nitrogens with zero attached hydrogens (tertiary/aromatic N) is 1. The maximum atomic E-state index is 13.6. The summed E-state index contributed by atoms with van der Waals surface area (Å²) in [5.74, 6) is -2.15. The Labute approximate surface area is 176 Å². The van der Waals surface area contributed by atoms with Gasteiger partial charge >= 0.3 is 0 Å². The van der Waals surface area contributed by atoms with Crippen molar-refractivity contribution in [1.82, 2.24) is 5.32 Å². The Balaban J connectivity index is 1.68. The molecule has 5 rings (SSSR count). The van der Waals surface area contributed by atoms with Crippen LogP contribution in [0.1, 0.15) is 19.4 Å². The third kappa shape index (κ3) is 2.34. The first-order chi connectivity index (χ1) is 13.9. The molecule has 0 unspecified atom stereocenters. The van der Waals surface area contributed by atoms with Crippen LogP contribution in [-0.2, 0) is 19.9 Å². The monoisotopic (exact) mass is 453 g/mol. The smallest absolute Gasteiger partial charge is 0.250 e. The van der Waals surface area contributed by atoms with E-state index < -0.39 is 17.4 Å². The molecule has 6 nitrogen and oxygen atoms in total. The summed E-state index contributed by atoms with van der Waals surface area (Å²) in [5, 5.41) is 6.34. The Hall–Kier alpha value is -2.51. The lowest BCUT2D eigenvalue weighted by Crippen LogP contribution is -2.54. The Morgan fingerprint density at radius 3 is 2.38 bits per heavy atom. The van der Waals surface area contributed by atoms with Gasteiger partial charge in [0.2, 0.25) is 17.7 Å². The van der Waals surface area contributed by atoms with Crippen LogP contribution in [0.2, 0.25) is 0 Å². The lowest BCUT2D eigenvalue weighted by atomic mass is 9.76. The van der Waals surface area contributed by atoms with Gasteiger partial charge in [0, 0.05) is 21.8 Å². The SMILES string of the molecule is CC(C)[C@H]1N[C@@]2(C(=O)Nc3ccccc32)[C@H]2C(=O)N(c3ccc(Br)cc3)C(=O)[C@H]12. The molecule has 0 aromatic heterocycles. The van der Waals surface area contributed by atoms with Crippen molar-refractivity contribution in [2.75, 3.05) is 10.2 Å². The van der Waals surface area contributed by atoms with Gasteiger partial charge in [0.15, 0.2) is 0 Å². The zero-order chi connectivity index (χ0) is 20.5. The van der Waals surface area contributed by atoms with E-state index >= 15 is 0 Å². The number of anilines is 2. The number of nitrogens with one attached hydrogen (secondary N) is 2. The highest BCUT2D eigenvalue weighted by molar-refractivity contribution is 9.10. The molecule has 0 radical (unpaired) electrons. The van der Waals surface area contributed by atoms with Crippen molar-refractivity contribution in [1.29, 1.82) is 0 Å². The van der Waals surface area contributed by atoms with Crippen LogP contribution in [0, 0.1) is 17.8 Å². The topological polar surface area (TPSA) is 78.5 Å². The van der Waals surface area contributed by atoms with Gasteiger partial charge in [0.05, 0.1) is 17.5 Å². The Kier molecular flexibility index (Phi) is 3.98. The number of carbonyl (C=O) groups excluding carboxylic acids is 3. The van der Waals surface area contributed by atoms with Gasteiger partial charge in [-0.25, -0.2) is 4.90 Å². The van der Waals surface area contributed by atoms with Crippen molar-refractivity contribution >= 4 is 45.0 Å². The highest BCUT2D eigenvalue weighted by atomic mass is 79.9. The molecule has 29 heavy (non-hydrogen) atoms. The quantitative estimate of drug-likeness (QED) is 0.684. The van der Waals surface area contributed by atoms with Gasteiger partial charge in [0.25, 0.3) is 0 Å². The number of amides is 3. The third-order valence-electron chi connectivity index (χ3n) is 6.36. The first kappa shape index (κ1) is 18.5. The molecule has 3 amide bonds. The van der Waals surface area contributed by atoms with E-state index in [4.69, 9.17) is 0 Å². The van der Waals surface area contributed by atoms with Crippen molar-refractivity contribution < 1.29 is 14.4 Å². The van der Waals surface area contributed by atoms with E-state index in [1.807, 2.05) is 38.1 Å². The molecule has 2 aromatic carbocycles. The van der Waals surface area contributed by atoms with E-state index in [1.165, 1.54) is 4.90 Å². The van der Waals surface area contributed by atoms with Crippen molar-refractivity contribution in [3.8, 4) is 0 Å². The molecule has 0 saturated carbocycles. The van der Waals surface area contributed by atoms with Crippen LogP contribution in [0.5, 0.6) is 0 Å². The number of benzene rings is 2. The average Bonchev–Trinajstić information content (AvgIpc) is 3.28. The summed E-state index contributed by atoms with van der Waals surface area (Å²) in [6.45, 7) is 4.01. The lowest BCUT2D eigenvalue weighted by molar-refractivity contribution is -0.130.